The fourth-order valence-electron chi connectivity index (χ4n) is 2.05. The number of aryl methyl sites for hydroxylation is 1. The molecule has 23 heavy (non-hydrogen) atoms. The van der Waals surface area contributed by atoms with Crippen LogP contribution in [0.3, 0.4) is 0 Å². The first-order valence-corrected chi connectivity index (χ1v) is 8.16. The molecule has 0 aliphatic carbocycles. The SMILES string of the molecule is Cc1cc(Nc2nccc(Nc3cccc(Cl)c3)n2)ccc1Br. The van der Waals surface area contributed by atoms with Gasteiger partial charge >= 0.3 is 0 Å². The van der Waals surface area contributed by atoms with E-state index in [-0.39, 0.29) is 0 Å². The number of hydrogen-bond acceptors (Lipinski definition) is 4. The van der Waals surface area contributed by atoms with E-state index in [4.69, 9.17) is 11.6 Å². The summed E-state index contributed by atoms with van der Waals surface area (Å²) in [5.41, 5.74) is 2.95. The van der Waals surface area contributed by atoms with E-state index in [2.05, 4.69) is 36.5 Å². The van der Waals surface area contributed by atoms with E-state index < -0.39 is 0 Å². The second-order valence-corrected chi connectivity index (χ2v) is 6.28. The van der Waals surface area contributed by atoms with Crippen molar-refractivity contribution in [3.8, 4) is 0 Å². The Morgan fingerprint density at radius 1 is 1.00 bits per heavy atom. The topological polar surface area (TPSA) is 49.8 Å². The standard InChI is InChI=1S/C17H14BrClN4/c1-11-9-14(5-6-15(11)18)22-17-20-8-7-16(23-17)21-13-4-2-3-12(19)10-13/h2-10H,1H3,(H2,20,21,22,23). The molecule has 4 nitrogen and oxygen atoms in total. The van der Waals surface area contributed by atoms with Crippen LogP contribution in [0.25, 0.3) is 0 Å². The minimum Gasteiger partial charge on any atom is -0.340 e. The van der Waals surface area contributed by atoms with Crippen molar-refractivity contribution in [2.45, 2.75) is 6.92 Å². The molecule has 0 atom stereocenters. The molecule has 1 aromatic heterocycles. The predicted octanol–water partition coefficient (Wildman–Crippen LogP) is 5.69. The molecule has 0 fully saturated rings. The lowest BCUT2D eigenvalue weighted by atomic mass is 10.2. The number of rotatable bonds is 4. The Bertz CT molecular complexity index is 838. The second kappa shape index (κ2) is 6.98. The summed E-state index contributed by atoms with van der Waals surface area (Å²) in [6.07, 6.45) is 1.70. The van der Waals surface area contributed by atoms with E-state index >= 15 is 0 Å². The van der Waals surface area contributed by atoms with E-state index in [0.717, 1.165) is 21.4 Å². The largest absolute Gasteiger partial charge is 0.340 e. The Balaban J connectivity index is 1.78. The molecule has 2 N–H and O–H groups in total. The van der Waals surface area contributed by atoms with E-state index in [1.165, 1.54) is 0 Å². The fourth-order valence-corrected chi connectivity index (χ4v) is 2.49. The summed E-state index contributed by atoms with van der Waals surface area (Å²) in [6, 6.07) is 15.3. The lowest BCUT2D eigenvalue weighted by Gasteiger charge is -2.09. The summed E-state index contributed by atoms with van der Waals surface area (Å²) in [5, 5.41) is 7.08. The van der Waals surface area contributed by atoms with Crippen LogP contribution in [0.2, 0.25) is 5.02 Å². The van der Waals surface area contributed by atoms with Crippen molar-refractivity contribution >= 4 is 50.7 Å². The van der Waals surface area contributed by atoms with Gasteiger partial charge in [0, 0.05) is 27.1 Å². The first-order valence-electron chi connectivity index (χ1n) is 6.99. The van der Waals surface area contributed by atoms with Gasteiger partial charge in [0.05, 0.1) is 0 Å². The van der Waals surface area contributed by atoms with Crippen molar-refractivity contribution in [3.05, 3.63) is 69.8 Å². The van der Waals surface area contributed by atoms with Gasteiger partial charge in [-0.2, -0.15) is 4.98 Å². The molecular weight excluding hydrogens is 376 g/mol. The molecule has 0 unspecified atom stereocenters. The maximum absolute atomic E-state index is 5.99. The van der Waals surface area contributed by atoms with Gasteiger partial charge in [0.2, 0.25) is 5.95 Å². The molecule has 0 aliphatic rings. The molecule has 0 amide bonds. The van der Waals surface area contributed by atoms with Crippen molar-refractivity contribution in [1.82, 2.24) is 9.97 Å². The van der Waals surface area contributed by atoms with Crippen LogP contribution in [-0.2, 0) is 0 Å². The average molecular weight is 390 g/mol. The van der Waals surface area contributed by atoms with Gasteiger partial charge in [-0.25, -0.2) is 4.98 Å². The van der Waals surface area contributed by atoms with Gasteiger partial charge in [-0.3, -0.25) is 0 Å². The van der Waals surface area contributed by atoms with Crippen molar-refractivity contribution in [2.24, 2.45) is 0 Å². The summed E-state index contributed by atoms with van der Waals surface area (Å²) in [4.78, 5) is 8.70. The highest BCUT2D eigenvalue weighted by Crippen LogP contribution is 2.23. The van der Waals surface area contributed by atoms with Gasteiger partial charge in [-0.05, 0) is 55.0 Å². The molecule has 0 saturated heterocycles. The van der Waals surface area contributed by atoms with Crippen LogP contribution in [0, 0.1) is 6.92 Å². The van der Waals surface area contributed by atoms with Crippen LogP contribution in [0.1, 0.15) is 5.56 Å². The van der Waals surface area contributed by atoms with E-state index in [9.17, 15) is 0 Å². The van der Waals surface area contributed by atoms with Crippen LogP contribution in [0.4, 0.5) is 23.1 Å². The Hall–Kier alpha value is -2.11. The normalized spacial score (nSPS) is 10.4. The minimum atomic E-state index is 0.527. The third-order valence-electron chi connectivity index (χ3n) is 3.17. The first-order chi connectivity index (χ1) is 11.1. The zero-order valence-electron chi connectivity index (χ0n) is 12.3. The quantitative estimate of drug-likeness (QED) is 0.602. The van der Waals surface area contributed by atoms with Gasteiger partial charge in [0.15, 0.2) is 0 Å². The molecule has 116 valence electrons. The maximum Gasteiger partial charge on any atom is 0.229 e. The smallest absolute Gasteiger partial charge is 0.229 e. The summed E-state index contributed by atoms with van der Waals surface area (Å²) in [5.74, 6) is 1.22. The molecule has 3 aromatic rings. The molecule has 0 radical (unpaired) electrons. The number of benzene rings is 2. The van der Waals surface area contributed by atoms with E-state index in [1.54, 1.807) is 12.3 Å². The number of hydrogen-bond donors (Lipinski definition) is 2. The van der Waals surface area contributed by atoms with Crippen molar-refractivity contribution in [2.75, 3.05) is 10.6 Å². The van der Waals surface area contributed by atoms with Gasteiger partial charge < -0.3 is 10.6 Å². The van der Waals surface area contributed by atoms with Crippen molar-refractivity contribution < 1.29 is 0 Å². The summed E-state index contributed by atoms with van der Waals surface area (Å²) in [6.45, 7) is 2.03. The third-order valence-corrected chi connectivity index (χ3v) is 4.29. The molecule has 6 heteroatoms. The molecule has 2 aromatic carbocycles. The Morgan fingerprint density at radius 2 is 1.83 bits per heavy atom. The molecular formula is C17H14BrClN4. The summed E-state index contributed by atoms with van der Waals surface area (Å²) in [7, 11) is 0. The van der Waals surface area contributed by atoms with Gasteiger partial charge in [0.1, 0.15) is 5.82 Å². The van der Waals surface area contributed by atoms with Crippen LogP contribution in [0.15, 0.2) is 59.2 Å². The number of aromatic nitrogens is 2. The first kappa shape index (κ1) is 15.8. The van der Waals surface area contributed by atoms with Gasteiger partial charge in [0.25, 0.3) is 0 Å². The highest BCUT2D eigenvalue weighted by Gasteiger charge is 2.03. The van der Waals surface area contributed by atoms with Crippen LogP contribution >= 0.6 is 27.5 Å². The zero-order chi connectivity index (χ0) is 16.2. The fraction of sp³-hybridized carbons (Fsp3) is 0.0588. The number of nitrogens with one attached hydrogen (secondary N) is 2. The molecule has 0 saturated carbocycles. The monoisotopic (exact) mass is 388 g/mol. The van der Waals surface area contributed by atoms with Crippen molar-refractivity contribution in [3.63, 3.8) is 0 Å². The Labute approximate surface area is 148 Å². The highest BCUT2D eigenvalue weighted by molar-refractivity contribution is 9.10. The van der Waals surface area contributed by atoms with Crippen LogP contribution in [0.5, 0.6) is 0 Å². The summed E-state index contributed by atoms with van der Waals surface area (Å²) >= 11 is 9.48. The minimum absolute atomic E-state index is 0.527. The molecule has 0 bridgehead atoms. The molecule has 0 aliphatic heterocycles. The number of halogens is 2. The lowest BCUT2D eigenvalue weighted by Crippen LogP contribution is -2.00. The number of nitrogens with zero attached hydrogens (tertiary/aromatic N) is 2. The zero-order valence-corrected chi connectivity index (χ0v) is 14.7. The van der Waals surface area contributed by atoms with Crippen molar-refractivity contribution in [1.29, 1.82) is 0 Å². The molecule has 1 heterocycles. The van der Waals surface area contributed by atoms with Gasteiger partial charge in [-0.1, -0.05) is 33.6 Å². The Morgan fingerprint density at radius 3 is 2.61 bits per heavy atom. The maximum atomic E-state index is 5.99. The Kier molecular flexibility index (Phi) is 4.79. The predicted molar refractivity (Wildman–Crippen MR) is 98.9 cm³/mol. The van der Waals surface area contributed by atoms with E-state index in [0.29, 0.717) is 16.8 Å². The van der Waals surface area contributed by atoms with Crippen LogP contribution in [-0.4, -0.2) is 9.97 Å². The third kappa shape index (κ3) is 4.21. The summed E-state index contributed by atoms with van der Waals surface area (Å²) < 4.78 is 1.07. The highest BCUT2D eigenvalue weighted by atomic mass is 79.9. The second-order valence-electron chi connectivity index (χ2n) is 4.99. The molecule has 0 spiro atoms. The number of anilines is 4. The van der Waals surface area contributed by atoms with Gasteiger partial charge in [-0.15, -0.1) is 0 Å². The lowest BCUT2D eigenvalue weighted by molar-refractivity contribution is 1.16. The average Bonchev–Trinajstić information content (AvgIpc) is 2.51. The molecule has 3 rings (SSSR count). The van der Waals surface area contributed by atoms with E-state index in [1.807, 2.05) is 49.4 Å². The van der Waals surface area contributed by atoms with Crippen LogP contribution < -0.4 is 10.6 Å².